The maximum atomic E-state index is 12.1. The maximum absolute atomic E-state index is 12.1. The number of aromatic nitrogens is 1. The highest BCUT2D eigenvalue weighted by Crippen LogP contribution is 2.26. The molecule has 3 aromatic rings. The van der Waals surface area contributed by atoms with Crippen LogP contribution in [0.15, 0.2) is 57.0 Å². The van der Waals surface area contributed by atoms with Gasteiger partial charge in [0.15, 0.2) is 15.4 Å². The Balaban J connectivity index is 1.68. The smallest absolute Gasteiger partial charge is 0.257 e. The number of sulfone groups is 1. The fourth-order valence-corrected chi connectivity index (χ4v) is 3.89. The van der Waals surface area contributed by atoms with Crippen LogP contribution in [0.25, 0.3) is 11.1 Å². The average Bonchev–Trinajstić information content (AvgIpc) is 3.02. The van der Waals surface area contributed by atoms with E-state index in [1.165, 1.54) is 12.1 Å². The van der Waals surface area contributed by atoms with Gasteiger partial charge in [0.05, 0.1) is 16.4 Å². The number of oxazole rings is 1. The molecule has 1 heterocycles. The lowest BCUT2D eigenvalue weighted by Crippen LogP contribution is -2.13. The van der Waals surface area contributed by atoms with Gasteiger partial charge in [0.25, 0.3) is 5.22 Å². The first-order valence-electron chi connectivity index (χ1n) is 8.00. The van der Waals surface area contributed by atoms with E-state index in [-0.39, 0.29) is 22.3 Å². The van der Waals surface area contributed by atoms with Crippen LogP contribution in [0, 0.1) is 6.92 Å². The van der Waals surface area contributed by atoms with Gasteiger partial charge in [-0.1, -0.05) is 30.8 Å². The van der Waals surface area contributed by atoms with Crippen molar-refractivity contribution in [3.63, 3.8) is 0 Å². The second-order valence-corrected chi connectivity index (χ2v) is 8.92. The average molecular weight is 390 g/mol. The lowest BCUT2D eigenvalue weighted by atomic mass is 10.2. The predicted molar refractivity (Wildman–Crippen MR) is 102 cm³/mol. The van der Waals surface area contributed by atoms with Gasteiger partial charge >= 0.3 is 0 Å². The molecule has 0 saturated carbocycles. The summed E-state index contributed by atoms with van der Waals surface area (Å²) in [5, 5.41) is 3.14. The van der Waals surface area contributed by atoms with Crippen LogP contribution in [0.4, 0.5) is 5.69 Å². The van der Waals surface area contributed by atoms with Gasteiger partial charge < -0.3 is 9.73 Å². The molecule has 26 heavy (non-hydrogen) atoms. The summed E-state index contributed by atoms with van der Waals surface area (Å²) in [6.45, 7) is 3.55. The van der Waals surface area contributed by atoms with Crippen molar-refractivity contribution in [1.29, 1.82) is 0 Å². The SMILES string of the molecule is CCS(=O)(=O)c1ccc2oc(SCC(=O)Nc3cccc(C)c3)nc2c1. The molecule has 136 valence electrons. The Bertz CT molecular complexity index is 1060. The van der Waals surface area contributed by atoms with E-state index in [0.29, 0.717) is 16.3 Å². The maximum Gasteiger partial charge on any atom is 0.257 e. The minimum absolute atomic E-state index is 0.0249. The highest BCUT2D eigenvalue weighted by atomic mass is 32.2. The Hall–Kier alpha value is -2.32. The number of thioether (sulfide) groups is 1. The van der Waals surface area contributed by atoms with Crippen molar-refractivity contribution < 1.29 is 17.6 Å². The first-order chi connectivity index (χ1) is 12.4. The third-order valence-electron chi connectivity index (χ3n) is 3.71. The number of hydrogen-bond donors (Lipinski definition) is 1. The summed E-state index contributed by atoms with van der Waals surface area (Å²) in [5.41, 5.74) is 2.75. The number of anilines is 1. The zero-order valence-corrected chi connectivity index (χ0v) is 16.0. The summed E-state index contributed by atoms with van der Waals surface area (Å²) >= 11 is 1.16. The molecular formula is C18H18N2O4S2. The molecule has 0 spiro atoms. The third-order valence-corrected chi connectivity index (χ3v) is 6.27. The van der Waals surface area contributed by atoms with Crippen LogP contribution in [0.2, 0.25) is 0 Å². The Labute approximate surface area is 155 Å². The number of carbonyl (C=O) groups is 1. The van der Waals surface area contributed by atoms with Gasteiger partial charge in [-0.3, -0.25) is 4.79 Å². The monoisotopic (exact) mass is 390 g/mol. The van der Waals surface area contributed by atoms with Crippen molar-refractivity contribution in [2.45, 2.75) is 24.0 Å². The fraction of sp³-hybridized carbons (Fsp3) is 0.222. The number of nitrogens with zero attached hydrogens (tertiary/aromatic N) is 1. The van der Waals surface area contributed by atoms with Crippen LogP contribution >= 0.6 is 11.8 Å². The van der Waals surface area contributed by atoms with E-state index in [2.05, 4.69) is 10.3 Å². The van der Waals surface area contributed by atoms with Crippen molar-refractivity contribution >= 4 is 44.3 Å². The van der Waals surface area contributed by atoms with Crippen LogP contribution in [0.3, 0.4) is 0 Å². The second-order valence-electron chi connectivity index (χ2n) is 5.72. The molecule has 6 nitrogen and oxygen atoms in total. The molecule has 0 aliphatic carbocycles. The van der Waals surface area contributed by atoms with Crippen molar-refractivity contribution in [1.82, 2.24) is 4.98 Å². The number of hydrogen-bond acceptors (Lipinski definition) is 6. The van der Waals surface area contributed by atoms with E-state index >= 15 is 0 Å². The summed E-state index contributed by atoms with van der Waals surface area (Å²) in [6, 6.07) is 12.1. The first-order valence-corrected chi connectivity index (χ1v) is 10.6. The normalized spacial score (nSPS) is 11.6. The van der Waals surface area contributed by atoms with Gasteiger partial charge in [-0.25, -0.2) is 13.4 Å². The number of nitrogens with one attached hydrogen (secondary N) is 1. The summed E-state index contributed by atoms with van der Waals surface area (Å²) in [7, 11) is -3.30. The molecule has 0 saturated heterocycles. The van der Waals surface area contributed by atoms with Crippen LogP contribution in [0.1, 0.15) is 12.5 Å². The minimum atomic E-state index is -3.30. The van der Waals surface area contributed by atoms with E-state index in [1.807, 2.05) is 31.2 Å². The molecule has 1 aromatic heterocycles. The van der Waals surface area contributed by atoms with Gasteiger partial charge in [0.1, 0.15) is 5.52 Å². The third kappa shape index (κ3) is 4.25. The second kappa shape index (κ2) is 7.51. The van der Waals surface area contributed by atoms with Crippen molar-refractivity contribution in [3.05, 3.63) is 48.0 Å². The zero-order chi connectivity index (χ0) is 18.7. The number of benzene rings is 2. The first kappa shape index (κ1) is 18.5. The molecule has 1 amide bonds. The fourth-order valence-electron chi connectivity index (χ4n) is 2.36. The molecule has 0 bridgehead atoms. The molecular weight excluding hydrogens is 372 g/mol. The molecule has 3 rings (SSSR count). The highest BCUT2D eigenvalue weighted by molar-refractivity contribution is 7.99. The van der Waals surface area contributed by atoms with Crippen molar-refractivity contribution in [2.24, 2.45) is 0 Å². The van der Waals surface area contributed by atoms with Crippen molar-refractivity contribution in [2.75, 3.05) is 16.8 Å². The Morgan fingerprint density at radius 1 is 1.23 bits per heavy atom. The van der Waals surface area contributed by atoms with Crippen LogP contribution < -0.4 is 5.32 Å². The highest BCUT2D eigenvalue weighted by Gasteiger charge is 2.15. The summed E-state index contributed by atoms with van der Waals surface area (Å²) in [5.74, 6) is -0.00469. The van der Waals surface area contributed by atoms with Crippen LogP contribution in [-0.2, 0) is 14.6 Å². The quantitative estimate of drug-likeness (QED) is 0.646. The molecule has 2 aromatic carbocycles. The van der Waals surface area contributed by atoms with Gasteiger partial charge in [-0.05, 0) is 42.8 Å². The molecule has 8 heteroatoms. The van der Waals surface area contributed by atoms with Gasteiger partial charge in [-0.2, -0.15) is 0 Å². The Morgan fingerprint density at radius 3 is 2.77 bits per heavy atom. The molecule has 0 aliphatic heterocycles. The Morgan fingerprint density at radius 2 is 2.04 bits per heavy atom. The number of amides is 1. The summed E-state index contributed by atoms with van der Waals surface area (Å²) in [4.78, 5) is 16.5. The number of aryl methyl sites for hydroxylation is 1. The molecule has 0 aliphatic rings. The molecule has 0 radical (unpaired) electrons. The number of fused-ring (bicyclic) bond motifs is 1. The van der Waals surface area contributed by atoms with Gasteiger partial charge in [-0.15, -0.1) is 0 Å². The molecule has 1 N–H and O–H groups in total. The summed E-state index contributed by atoms with van der Waals surface area (Å²) in [6.07, 6.45) is 0. The standard InChI is InChI=1S/C18H18N2O4S2/c1-3-26(22,23)14-7-8-16-15(10-14)20-18(24-16)25-11-17(21)19-13-6-4-5-12(2)9-13/h4-10H,3,11H2,1-2H3,(H,19,21). The van der Waals surface area contributed by atoms with E-state index in [0.717, 1.165) is 23.0 Å². The largest absolute Gasteiger partial charge is 0.431 e. The van der Waals surface area contributed by atoms with E-state index < -0.39 is 9.84 Å². The van der Waals surface area contributed by atoms with Crippen molar-refractivity contribution in [3.8, 4) is 0 Å². The van der Waals surface area contributed by atoms with E-state index in [4.69, 9.17) is 4.42 Å². The molecule has 0 atom stereocenters. The lowest BCUT2D eigenvalue weighted by Gasteiger charge is -2.04. The summed E-state index contributed by atoms with van der Waals surface area (Å²) < 4.78 is 29.5. The lowest BCUT2D eigenvalue weighted by molar-refractivity contribution is -0.113. The van der Waals surface area contributed by atoms with Gasteiger partial charge in [0, 0.05) is 5.69 Å². The molecule has 0 unspecified atom stereocenters. The van der Waals surface area contributed by atoms with Crippen LogP contribution in [0.5, 0.6) is 0 Å². The van der Waals surface area contributed by atoms with E-state index in [9.17, 15) is 13.2 Å². The predicted octanol–water partition coefficient (Wildman–Crippen LogP) is 3.66. The topological polar surface area (TPSA) is 89.3 Å². The number of rotatable bonds is 6. The van der Waals surface area contributed by atoms with Crippen LogP contribution in [-0.4, -0.2) is 30.8 Å². The van der Waals surface area contributed by atoms with Gasteiger partial charge in [0.2, 0.25) is 5.91 Å². The zero-order valence-electron chi connectivity index (χ0n) is 14.4. The Kier molecular flexibility index (Phi) is 5.33. The van der Waals surface area contributed by atoms with E-state index in [1.54, 1.807) is 13.0 Å². The number of carbonyl (C=O) groups excluding carboxylic acids is 1. The minimum Gasteiger partial charge on any atom is -0.431 e. The molecule has 0 fully saturated rings.